The summed E-state index contributed by atoms with van der Waals surface area (Å²) in [5.41, 5.74) is 1.04. The number of rotatable bonds is 5. The average Bonchev–Trinajstić information content (AvgIpc) is 3.12. The third kappa shape index (κ3) is 3.35. The Morgan fingerprint density at radius 2 is 2.11 bits per heavy atom. The van der Waals surface area contributed by atoms with Crippen molar-refractivity contribution in [3.8, 4) is 5.75 Å². The van der Waals surface area contributed by atoms with E-state index in [-0.39, 0.29) is 5.91 Å². The number of ether oxygens (including phenoxy) is 1. The lowest BCUT2D eigenvalue weighted by Gasteiger charge is -2.03. The fourth-order valence-electron chi connectivity index (χ4n) is 1.74. The van der Waals surface area contributed by atoms with Crippen LogP contribution in [0, 0.1) is 0 Å². The van der Waals surface area contributed by atoms with Gasteiger partial charge in [-0.2, -0.15) is 0 Å². The molecule has 0 atom stereocenters. The molecule has 3 nitrogen and oxygen atoms in total. The molecule has 3 rings (SSSR count). The van der Waals surface area contributed by atoms with Gasteiger partial charge in [0.05, 0.1) is 4.88 Å². The summed E-state index contributed by atoms with van der Waals surface area (Å²) in [4.78, 5) is 12.6. The summed E-state index contributed by atoms with van der Waals surface area (Å²) in [6.07, 6.45) is 2.22. The highest BCUT2D eigenvalue weighted by Gasteiger charge is 2.24. The number of carbonyl (C=O) groups is 1. The van der Waals surface area contributed by atoms with Crippen LogP contribution in [0.1, 0.15) is 28.1 Å². The fourth-order valence-corrected chi connectivity index (χ4v) is 2.54. The van der Waals surface area contributed by atoms with Gasteiger partial charge in [0, 0.05) is 11.6 Å². The van der Waals surface area contributed by atoms with Crippen molar-refractivity contribution in [1.82, 2.24) is 5.32 Å². The molecule has 98 valence electrons. The molecule has 0 spiro atoms. The second-order valence-electron chi connectivity index (χ2n) is 4.67. The molecular weight excluding hydrogens is 258 g/mol. The zero-order valence-electron chi connectivity index (χ0n) is 10.5. The number of hydrogen-bond acceptors (Lipinski definition) is 3. The smallest absolute Gasteiger partial charge is 0.261 e. The maximum absolute atomic E-state index is 11.8. The number of nitrogens with one attached hydrogen (secondary N) is 1. The zero-order chi connectivity index (χ0) is 13.1. The Kier molecular flexibility index (Phi) is 3.51. The fraction of sp³-hybridized carbons (Fsp3) is 0.267. The van der Waals surface area contributed by atoms with E-state index in [0.717, 1.165) is 29.0 Å². The van der Waals surface area contributed by atoms with Crippen molar-refractivity contribution >= 4 is 17.2 Å². The third-order valence-electron chi connectivity index (χ3n) is 2.94. The molecule has 1 amide bonds. The molecule has 4 heteroatoms. The summed E-state index contributed by atoms with van der Waals surface area (Å²) in [6, 6.07) is 12.0. The molecule has 1 saturated carbocycles. The molecule has 19 heavy (non-hydrogen) atoms. The second-order valence-corrected chi connectivity index (χ2v) is 5.58. The topological polar surface area (TPSA) is 38.3 Å². The van der Waals surface area contributed by atoms with E-state index >= 15 is 0 Å². The molecule has 0 saturated heterocycles. The van der Waals surface area contributed by atoms with Crippen molar-refractivity contribution in [3.63, 3.8) is 0 Å². The summed E-state index contributed by atoms with van der Waals surface area (Å²) < 4.78 is 5.65. The van der Waals surface area contributed by atoms with Crippen LogP contribution in [0.4, 0.5) is 0 Å². The van der Waals surface area contributed by atoms with E-state index in [1.807, 2.05) is 41.8 Å². The molecule has 2 aromatic rings. The van der Waals surface area contributed by atoms with Gasteiger partial charge in [-0.05, 0) is 36.4 Å². The zero-order valence-corrected chi connectivity index (χ0v) is 11.3. The Labute approximate surface area is 116 Å². The monoisotopic (exact) mass is 273 g/mol. The van der Waals surface area contributed by atoms with Crippen molar-refractivity contribution in [2.45, 2.75) is 25.5 Å². The number of para-hydroxylation sites is 1. The lowest BCUT2D eigenvalue weighted by Crippen LogP contribution is -2.24. The number of carbonyl (C=O) groups excluding carboxylic acids is 1. The van der Waals surface area contributed by atoms with Gasteiger partial charge in [-0.15, -0.1) is 11.3 Å². The van der Waals surface area contributed by atoms with Gasteiger partial charge in [0.1, 0.15) is 12.4 Å². The molecule has 1 aromatic carbocycles. The van der Waals surface area contributed by atoms with Gasteiger partial charge in [0.2, 0.25) is 0 Å². The van der Waals surface area contributed by atoms with Gasteiger partial charge < -0.3 is 10.1 Å². The maximum Gasteiger partial charge on any atom is 0.261 e. The number of thiophene rings is 1. The van der Waals surface area contributed by atoms with Crippen LogP contribution in [-0.2, 0) is 6.61 Å². The first-order chi connectivity index (χ1) is 9.31. The summed E-state index contributed by atoms with van der Waals surface area (Å²) >= 11 is 1.47. The van der Waals surface area contributed by atoms with Gasteiger partial charge in [0.25, 0.3) is 5.91 Å². The predicted molar refractivity (Wildman–Crippen MR) is 75.6 cm³/mol. The molecule has 0 bridgehead atoms. The minimum Gasteiger partial charge on any atom is -0.489 e. The van der Waals surface area contributed by atoms with E-state index < -0.39 is 0 Å². The van der Waals surface area contributed by atoms with Crippen LogP contribution < -0.4 is 10.1 Å². The summed E-state index contributed by atoms with van der Waals surface area (Å²) in [5, 5.41) is 4.96. The quantitative estimate of drug-likeness (QED) is 0.908. The lowest BCUT2D eigenvalue weighted by atomic mass is 10.3. The molecule has 0 radical (unpaired) electrons. The second kappa shape index (κ2) is 5.45. The summed E-state index contributed by atoms with van der Waals surface area (Å²) in [7, 11) is 0. The SMILES string of the molecule is O=C(NC1CC1)c1cc(COc2ccccc2)cs1. The van der Waals surface area contributed by atoms with Gasteiger partial charge in [-0.25, -0.2) is 0 Å². The van der Waals surface area contributed by atoms with Crippen LogP contribution in [0.15, 0.2) is 41.8 Å². The Morgan fingerprint density at radius 3 is 2.84 bits per heavy atom. The molecule has 1 aromatic heterocycles. The van der Waals surface area contributed by atoms with Gasteiger partial charge in [-0.3, -0.25) is 4.79 Å². The lowest BCUT2D eigenvalue weighted by molar-refractivity contribution is 0.0955. The number of benzene rings is 1. The number of amides is 1. The molecule has 0 aliphatic heterocycles. The largest absolute Gasteiger partial charge is 0.489 e. The highest BCUT2D eigenvalue weighted by atomic mass is 32.1. The molecule has 1 heterocycles. The summed E-state index contributed by atoms with van der Waals surface area (Å²) in [5.74, 6) is 0.885. The summed E-state index contributed by atoms with van der Waals surface area (Å²) in [6.45, 7) is 0.497. The first-order valence-electron chi connectivity index (χ1n) is 6.37. The van der Waals surface area contributed by atoms with Gasteiger partial charge in [-0.1, -0.05) is 18.2 Å². The van der Waals surface area contributed by atoms with Crippen molar-refractivity contribution in [3.05, 3.63) is 52.2 Å². The molecule has 1 fully saturated rings. The Balaban J connectivity index is 1.57. The van der Waals surface area contributed by atoms with E-state index in [4.69, 9.17) is 4.74 Å². The first-order valence-corrected chi connectivity index (χ1v) is 7.25. The molecular formula is C15H15NO2S. The minimum absolute atomic E-state index is 0.0402. The Morgan fingerprint density at radius 1 is 1.32 bits per heavy atom. The molecule has 1 aliphatic rings. The maximum atomic E-state index is 11.8. The van der Waals surface area contributed by atoms with E-state index in [2.05, 4.69) is 5.32 Å². The number of hydrogen-bond donors (Lipinski definition) is 1. The predicted octanol–water partition coefficient (Wildman–Crippen LogP) is 3.22. The van der Waals surface area contributed by atoms with Gasteiger partial charge in [0.15, 0.2) is 0 Å². The highest BCUT2D eigenvalue weighted by Crippen LogP contribution is 2.22. The van der Waals surface area contributed by atoms with Crippen molar-refractivity contribution in [2.75, 3.05) is 0 Å². The van der Waals surface area contributed by atoms with Gasteiger partial charge >= 0.3 is 0 Å². The van der Waals surface area contributed by atoms with E-state index in [9.17, 15) is 4.79 Å². The highest BCUT2D eigenvalue weighted by molar-refractivity contribution is 7.12. The molecule has 1 aliphatic carbocycles. The standard InChI is InChI=1S/C15H15NO2S/c17-15(16-12-6-7-12)14-8-11(10-19-14)9-18-13-4-2-1-3-5-13/h1-5,8,10,12H,6-7,9H2,(H,16,17). The van der Waals surface area contributed by atoms with Crippen molar-refractivity contribution < 1.29 is 9.53 Å². The van der Waals surface area contributed by atoms with Crippen LogP contribution in [0.3, 0.4) is 0 Å². The van der Waals surface area contributed by atoms with E-state index in [1.165, 1.54) is 11.3 Å². The normalized spacial score (nSPS) is 14.1. The first kappa shape index (κ1) is 12.2. The van der Waals surface area contributed by atoms with Crippen LogP contribution in [0.25, 0.3) is 0 Å². The van der Waals surface area contributed by atoms with Crippen molar-refractivity contribution in [1.29, 1.82) is 0 Å². The van der Waals surface area contributed by atoms with E-state index in [1.54, 1.807) is 0 Å². The van der Waals surface area contributed by atoms with Crippen LogP contribution in [0.5, 0.6) is 5.75 Å². The van der Waals surface area contributed by atoms with E-state index in [0.29, 0.717) is 12.6 Å². The van der Waals surface area contributed by atoms with Crippen LogP contribution >= 0.6 is 11.3 Å². The van der Waals surface area contributed by atoms with Crippen molar-refractivity contribution in [2.24, 2.45) is 0 Å². The van der Waals surface area contributed by atoms with Crippen LogP contribution in [-0.4, -0.2) is 11.9 Å². The Bertz CT molecular complexity index is 561. The Hall–Kier alpha value is -1.81. The minimum atomic E-state index is 0.0402. The molecule has 0 unspecified atom stereocenters. The van der Waals surface area contributed by atoms with Crippen LogP contribution in [0.2, 0.25) is 0 Å². The molecule has 1 N–H and O–H groups in total. The third-order valence-corrected chi connectivity index (χ3v) is 3.92. The average molecular weight is 273 g/mol.